The number of aryl methyl sites for hydroxylation is 1. The van der Waals surface area contributed by atoms with Crippen molar-refractivity contribution >= 4 is 51.6 Å². The van der Waals surface area contributed by atoms with E-state index in [0.29, 0.717) is 0 Å². The lowest BCUT2D eigenvalue weighted by Crippen LogP contribution is -2.00. The zero-order valence-electron chi connectivity index (χ0n) is 24.6. The van der Waals surface area contributed by atoms with Crippen LogP contribution in [0.5, 0.6) is 0 Å². The van der Waals surface area contributed by atoms with Crippen molar-refractivity contribution < 1.29 is 0 Å². The summed E-state index contributed by atoms with van der Waals surface area (Å²) in [5.74, 6) is 0. The highest BCUT2D eigenvalue weighted by atomic mass is 31.1. The minimum atomic E-state index is -0.192. The molecule has 0 saturated heterocycles. The first-order valence-corrected chi connectivity index (χ1v) is 17.4. The highest BCUT2D eigenvalue weighted by Gasteiger charge is 2.19. The molecule has 0 unspecified atom stereocenters. The Morgan fingerprint density at radius 3 is 1.74 bits per heavy atom. The molecule has 1 aliphatic carbocycles. The third kappa shape index (κ3) is 4.58. The maximum absolute atomic E-state index is 2.46. The monoisotopic (exact) mass is 568 g/mol. The van der Waals surface area contributed by atoms with Gasteiger partial charge in [0.2, 0.25) is 0 Å². The first-order chi connectivity index (χ1) is 21.1. The Bertz CT molecular complexity index is 2160. The minimum absolute atomic E-state index is 0.192. The maximum atomic E-state index is 2.46. The van der Waals surface area contributed by atoms with Gasteiger partial charge in [-0.2, -0.15) is 0 Å². The quantitative estimate of drug-likeness (QED) is 0.146. The minimum Gasteiger partial charge on any atom is -0.0836 e. The second kappa shape index (κ2) is 10.6. The molecule has 0 fully saturated rings. The van der Waals surface area contributed by atoms with Gasteiger partial charge in [-0.15, -0.1) is 0 Å². The molecule has 7 aromatic carbocycles. The molecule has 0 amide bonds. The topological polar surface area (TPSA) is 0 Å². The molecular weight excluding hydrogens is 535 g/mol. The van der Waals surface area contributed by atoms with Crippen LogP contribution in [0.3, 0.4) is 0 Å². The average Bonchev–Trinajstić information content (AvgIpc) is 3.05. The summed E-state index contributed by atoms with van der Waals surface area (Å²) in [6.45, 7) is 4.68. The largest absolute Gasteiger partial charge is 0.0836 e. The average molecular weight is 569 g/mol. The van der Waals surface area contributed by atoms with E-state index in [4.69, 9.17) is 0 Å². The van der Waals surface area contributed by atoms with E-state index in [2.05, 4.69) is 153 Å². The highest BCUT2D eigenvalue weighted by Crippen LogP contribution is 2.44. The Labute approximate surface area is 255 Å². The van der Waals surface area contributed by atoms with Crippen molar-refractivity contribution in [2.24, 2.45) is 0 Å². The SMILES string of the molecule is CP(C)c1cccc(-c2cc(-c3c4c(cc5ccccc35)CCC=C4)cc(-c3c4ccccc4cc4ccccc34)c2)c1. The van der Waals surface area contributed by atoms with Crippen molar-refractivity contribution in [3.63, 3.8) is 0 Å². The second-order valence-corrected chi connectivity index (χ2v) is 14.2. The van der Waals surface area contributed by atoms with Crippen LogP contribution in [0.1, 0.15) is 17.5 Å². The summed E-state index contributed by atoms with van der Waals surface area (Å²) in [6, 6.07) is 47.9. The molecular formula is C42H33P. The fraction of sp³-hybridized carbons (Fsp3) is 0.0952. The van der Waals surface area contributed by atoms with Crippen LogP contribution in [-0.4, -0.2) is 13.3 Å². The third-order valence-electron chi connectivity index (χ3n) is 9.02. The molecule has 0 aromatic heterocycles. The Morgan fingerprint density at radius 1 is 0.488 bits per heavy atom. The van der Waals surface area contributed by atoms with Gasteiger partial charge >= 0.3 is 0 Å². The van der Waals surface area contributed by atoms with Gasteiger partial charge in [0, 0.05) is 0 Å². The summed E-state index contributed by atoms with van der Waals surface area (Å²) in [4.78, 5) is 0. The van der Waals surface area contributed by atoms with Crippen molar-refractivity contribution in [1.29, 1.82) is 0 Å². The molecule has 0 heterocycles. The number of allylic oxidation sites excluding steroid dienone is 1. The Morgan fingerprint density at radius 2 is 1.07 bits per heavy atom. The molecule has 206 valence electrons. The van der Waals surface area contributed by atoms with Crippen LogP contribution in [0.15, 0.2) is 133 Å². The van der Waals surface area contributed by atoms with Crippen LogP contribution in [0.2, 0.25) is 0 Å². The van der Waals surface area contributed by atoms with Gasteiger partial charge in [-0.3, -0.25) is 0 Å². The first kappa shape index (κ1) is 26.1. The first-order valence-electron chi connectivity index (χ1n) is 15.2. The van der Waals surface area contributed by atoms with Crippen molar-refractivity contribution in [2.75, 3.05) is 13.3 Å². The van der Waals surface area contributed by atoms with Gasteiger partial charge in [-0.05, 0) is 139 Å². The molecule has 0 saturated carbocycles. The lowest BCUT2D eigenvalue weighted by atomic mass is 9.83. The van der Waals surface area contributed by atoms with E-state index in [1.165, 1.54) is 82.1 Å². The predicted molar refractivity (Wildman–Crippen MR) is 191 cm³/mol. The summed E-state index contributed by atoms with van der Waals surface area (Å²) < 4.78 is 0. The lowest BCUT2D eigenvalue weighted by Gasteiger charge is -2.21. The second-order valence-electron chi connectivity index (χ2n) is 11.9. The van der Waals surface area contributed by atoms with Crippen molar-refractivity contribution in [3.05, 3.63) is 145 Å². The van der Waals surface area contributed by atoms with Crippen molar-refractivity contribution in [2.45, 2.75) is 12.8 Å². The molecule has 0 radical (unpaired) electrons. The van der Waals surface area contributed by atoms with E-state index in [1.54, 1.807) is 0 Å². The van der Waals surface area contributed by atoms with Crippen LogP contribution in [0.25, 0.3) is 71.8 Å². The van der Waals surface area contributed by atoms with E-state index in [9.17, 15) is 0 Å². The van der Waals surface area contributed by atoms with Crippen LogP contribution in [-0.2, 0) is 6.42 Å². The van der Waals surface area contributed by atoms with Gasteiger partial charge in [0.05, 0.1) is 0 Å². The fourth-order valence-electron chi connectivity index (χ4n) is 6.94. The Balaban J connectivity index is 1.50. The zero-order chi connectivity index (χ0) is 28.9. The summed E-state index contributed by atoms with van der Waals surface area (Å²) in [5.41, 5.74) is 10.6. The number of hydrogen-bond donors (Lipinski definition) is 0. The van der Waals surface area contributed by atoms with Gasteiger partial charge in [0.1, 0.15) is 0 Å². The molecule has 1 heteroatoms. The summed E-state index contributed by atoms with van der Waals surface area (Å²) in [5, 5.41) is 9.21. The Kier molecular flexibility index (Phi) is 6.47. The van der Waals surface area contributed by atoms with Crippen LogP contribution in [0, 0.1) is 0 Å². The van der Waals surface area contributed by atoms with Crippen LogP contribution in [0.4, 0.5) is 0 Å². The molecule has 0 atom stereocenters. The van der Waals surface area contributed by atoms with Gasteiger partial charge in [0.15, 0.2) is 0 Å². The molecule has 7 aromatic rings. The number of hydrogen-bond acceptors (Lipinski definition) is 0. The van der Waals surface area contributed by atoms with E-state index < -0.39 is 0 Å². The molecule has 0 aliphatic heterocycles. The van der Waals surface area contributed by atoms with E-state index in [1.807, 2.05) is 0 Å². The number of benzene rings is 7. The normalized spacial score (nSPS) is 12.8. The van der Waals surface area contributed by atoms with Crippen LogP contribution >= 0.6 is 7.92 Å². The standard InChI is InChI=1S/C42H33P/c1-43(2)36-17-11-16-28(27-36)33-24-34(41-37-18-7-3-12-29(37)22-30-13-4-8-19-38(30)41)26-35(25-33)42-39-20-9-5-14-31(39)23-32-15-6-10-21-40(32)42/h3-5,7-14,16-27H,6,15H2,1-2H3. The molecule has 0 spiro atoms. The fourth-order valence-corrected chi connectivity index (χ4v) is 7.72. The molecule has 43 heavy (non-hydrogen) atoms. The van der Waals surface area contributed by atoms with E-state index in [0.717, 1.165) is 12.8 Å². The number of fused-ring (bicyclic) bond motifs is 4. The van der Waals surface area contributed by atoms with Crippen molar-refractivity contribution in [1.82, 2.24) is 0 Å². The third-order valence-corrected chi connectivity index (χ3v) is 10.3. The Hall–Kier alpha value is -4.51. The maximum Gasteiger partial charge on any atom is -0.00264 e. The van der Waals surface area contributed by atoms with Crippen molar-refractivity contribution in [3.8, 4) is 33.4 Å². The van der Waals surface area contributed by atoms with Gasteiger partial charge in [0.25, 0.3) is 0 Å². The number of rotatable bonds is 4. The van der Waals surface area contributed by atoms with Gasteiger partial charge < -0.3 is 0 Å². The highest BCUT2D eigenvalue weighted by molar-refractivity contribution is 7.64. The van der Waals surface area contributed by atoms with Gasteiger partial charge in [-0.25, -0.2) is 0 Å². The van der Waals surface area contributed by atoms with Gasteiger partial charge in [-0.1, -0.05) is 117 Å². The lowest BCUT2D eigenvalue weighted by molar-refractivity contribution is 0.989. The summed E-state index contributed by atoms with van der Waals surface area (Å²) in [7, 11) is -0.192. The molecule has 8 rings (SSSR count). The predicted octanol–water partition coefficient (Wildman–Crippen LogP) is 11.5. The molecule has 0 nitrogen and oxygen atoms in total. The molecule has 0 N–H and O–H groups in total. The zero-order valence-corrected chi connectivity index (χ0v) is 25.5. The van der Waals surface area contributed by atoms with E-state index in [-0.39, 0.29) is 7.92 Å². The smallest absolute Gasteiger partial charge is 0.00264 e. The van der Waals surface area contributed by atoms with E-state index >= 15 is 0 Å². The molecule has 1 aliphatic rings. The summed E-state index contributed by atoms with van der Waals surface area (Å²) >= 11 is 0. The van der Waals surface area contributed by atoms with Crippen LogP contribution < -0.4 is 5.30 Å². The summed E-state index contributed by atoms with van der Waals surface area (Å²) in [6.07, 6.45) is 6.89. The molecule has 0 bridgehead atoms.